The number of hydrogen-bond acceptors (Lipinski definition) is 3. The summed E-state index contributed by atoms with van der Waals surface area (Å²) in [4.78, 5) is 27.9. The minimum Gasteiger partial charge on any atom is -0.484 e. The normalized spacial score (nSPS) is 11.6. The van der Waals surface area contributed by atoms with Crippen LogP contribution in [0.4, 0.5) is 0 Å². The van der Waals surface area contributed by atoms with Crippen LogP contribution in [-0.2, 0) is 22.6 Å². The summed E-state index contributed by atoms with van der Waals surface area (Å²) in [5.74, 6) is -0.0444. The van der Waals surface area contributed by atoms with Gasteiger partial charge in [0.2, 0.25) is 5.91 Å². The van der Waals surface area contributed by atoms with Crippen molar-refractivity contribution in [3.05, 3.63) is 99.0 Å². The summed E-state index contributed by atoms with van der Waals surface area (Å²) in [6.45, 7) is 3.83. The van der Waals surface area contributed by atoms with Gasteiger partial charge in [0.25, 0.3) is 5.91 Å². The monoisotopic (exact) mass is 498 g/mol. The maximum absolute atomic E-state index is 13.5. The topological polar surface area (TPSA) is 58.6 Å². The molecular weight excluding hydrogens is 471 g/mol. The number of aryl methyl sites for hydroxylation is 2. The fourth-order valence-electron chi connectivity index (χ4n) is 3.61. The first-order chi connectivity index (χ1) is 16.3. The van der Waals surface area contributed by atoms with Crippen molar-refractivity contribution in [2.75, 3.05) is 13.7 Å². The molecule has 0 aliphatic rings. The van der Waals surface area contributed by atoms with Gasteiger partial charge in [0.15, 0.2) is 6.61 Å². The van der Waals surface area contributed by atoms with Crippen molar-refractivity contribution in [3.63, 3.8) is 0 Å². The Bertz CT molecular complexity index is 1130. The number of nitrogens with one attached hydrogen (secondary N) is 1. The highest BCUT2D eigenvalue weighted by Crippen LogP contribution is 2.27. The van der Waals surface area contributed by atoms with Gasteiger partial charge in [-0.25, -0.2) is 0 Å². The molecule has 0 aliphatic carbocycles. The summed E-state index contributed by atoms with van der Waals surface area (Å²) in [6, 6.07) is 19.6. The Balaban J connectivity index is 1.92. The van der Waals surface area contributed by atoms with Gasteiger partial charge in [-0.15, -0.1) is 0 Å². The number of carbonyl (C=O) groups is 2. The van der Waals surface area contributed by atoms with Crippen molar-refractivity contribution in [2.45, 2.75) is 32.9 Å². The zero-order chi connectivity index (χ0) is 24.7. The van der Waals surface area contributed by atoms with Crippen molar-refractivity contribution in [3.8, 4) is 5.75 Å². The molecule has 2 amide bonds. The molecule has 5 nitrogen and oxygen atoms in total. The zero-order valence-corrected chi connectivity index (χ0v) is 21.0. The third kappa shape index (κ3) is 6.52. The van der Waals surface area contributed by atoms with E-state index in [4.69, 9.17) is 27.9 Å². The number of benzene rings is 3. The molecule has 0 saturated carbocycles. The van der Waals surface area contributed by atoms with Gasteiger partial charge in [-0.2, -0.15) is 0 Å². The van der Waals surface area contributed by atoms with Gasteiger partial charge in [-0.05, 0) is 54.8 Å². The number of carbonyl (C=O) groups excluding carboxylic acids is 2. The Hall–Kier alpha value is -3.02. The van der Waals surface area contributed by atoms with Gasteiger partial charge in [0.1, 0.15) is 11.8 Å². The molecular formula is C27H28Cl2N2O3. The summed E-state index contributed by atoms with van der Waals surface area (Å²) in [6.07, 6.45) is 0.331. The van der Waals surface area contributed by atoms with Crippen LogP contribution >= 0.6 is 23.2 Å². The Morgan fingerprint density at radius 2 is 1.62 bits per heavy atom. The maximum atomic E-state index is 13.5. The van der Waals surface area contributed by atoms with Crippen LogP contribution in [0.1, 0.15) is 22.3 Å². The molecule has 7 heteroatoms. The first-order valence-electron chi connectivity index (χ1n) is 11.0. The molecule has 0 spiro atoms. The van der Waals surface area contributed by atoms with Crippen LogP contribution in [0.5, 0.6) is 5.75 Å². The Kier molecular flexibility index (Phi) is 8.97. The molecule has 3 aromatic rings. The highest BCUT2D eigenvalue weighted by atomic mass is 35.5. The van der Waals surface area contributed by atoms with E-state index in [0.717, 1.165) is 16.7 Å². The molecule has 3 aromatic carbocycles. The highest BCUT2D eigenvalue weighted by molar-refractivity contribution is 6.36. The average Bonchev–Trinajstić information content (AvgIpc) is 2.83. The first kappa shape index (κ1) is 25.6. The quantitative estimate of drug-likeness (QED) is 0.431. The summed E-state index contributed by atoms with van der Waals surface area (Å²) >= 11 is 12.8. The van der Waals surface area contributed by atoms with E-state index in [2.05, 4.69) is 5.32 Å². The minimum absolute atomic E-state index is 0.0680. The standard InChI is InChI=1S/C27H28Cl2N2O3/c1-18-12-13-21(14-19(18)2)34-17-26(32)31(16-22-23(28)10-7-11-24(22)29)25(27(33)30-3)15-20-8-5-4-6-9-20/h4-14,25H,15-17H2,1-3H3,(H,30,33). The molecule has 1 N–H and O–H groups in total. The number of ether oxygens (including phenoxy) is 1. The lowest BCUT2D eigenvalue weighted by Gasteiger charge is -2.31. The van der Waals surface area contributed by atoms with E-state index in [1.54, 1.807) is 25.2 Å². The fourth-order valence-corrected chi connectivity index (χ4v) is 4.12. The molecule has 1 unspecified atom stereocenters. The lowest BCUT2D eigenvalue weighted by atomic mass is 10.0. The minimum atomic E-state index is -0.782. The lowest BCUT2D eigenvalue weighted by Crippen LogP contribution is -2.51. The SMILES string of the molecule is CNC(=O)C(Cc1ccccc1)N(Cc1c(Cl)cccc1Cl)C(=O)COc1ccc(C)c(C)c1. The smallest absolute Gasteiger partial charge is 0.261 e. The maximum Gasteiger partial charge on any atom is 0.261 e. The molecule has 0 heterocycles. The third-order valence-corrected chi connectivity index (χ3v) is 6.46. The van der Waals surface area contributed by atoms with Gasteiger partial charge >= 0.3 is 0 Å². The van der Waals surface area contributed by atoms with Crippen LogP contribution in [0.2, 0.25) is 10.0 Å². The van der Waals surface area contributed by atoms with Gasteiger partial charge in [-0.3, -0.25) is 9.59 Å². The van der Waals surface area contributed by atoms with Crippen molar-refractivity contribution in [1.29, 1.82) is 0 Å². The highest BCUT2D eigenvalue weighted by Gasteiger charge is 2.31. The Morgan fingerprint density at radius 3 is 2.24 bits per heavy atom. The Labute approximate surface area is 210 Å². The molecule has 0 fully saturated rings. The van der Waals surface area contributed by atoms with Crippen molar-refractivity contribution >= 4 is 35.0 Å². The molecule has 178 valence electrons. The van der Waals surface area contributed by atoms with E-state index in [9.17, 15) is 9.59 Å². The lowest BCUT2D eigenvalue weighted by molar-refractivity contribution is -0.142. The molecule has 0 aromatic heterocycles. The summed E-state index contributed by atoms with van der Waals surface area (Å²) < 4.78 is 5.81. The average molecular weight is 499 g/mol. The van der Waals surface area contributed by atoms with E-state index in [1.807, 2.05) is 62.4 Å². The molecule has 3 rings (SSSR count). The second kappa shape index (κ2) is 11.9. The second-order valence-electron chi connectivity index (χ2n) is 8.08. The summed E-state index contributed by atoms with van der Waals surface area (Å²) in [5, 5.41) is 3.54. The van der Waals surface area contributed by atoms with Gasteiger partial charge in [0.05, 0.1) is 0 Å². The van der Waals surface area contributed by atoms with Crippen molar-refractivity contribution in [2.24, 2.45) is 0 Å². The molecule has 34 heavy (non-hydrogen) atoms. The molecule has 0 saturated heterocycles. The third-order valence-electron chi connectivity index (χ3n) is 5.75. The van der Waals surface area contributed by atoms with Crippen LogP contribution in [0.25, 0.3) is 0 Å². The number of rotatable bonds is 9. The van der Waals surface area contributed by atoms with E-state index < -0.39 is 6.04 Å². The number of hydrogen-bond donors (Lipinski definition) is 1. The van der Waals surface area contributed by atoms with Crippen LogP contribution in [0.3, 0.4) is 0 Å². The second-order valence-corrected chi connectivity index (χ2v) is 8.89. The van der Waals surface area contributed by atoms with E-state index in [0.29, 0.717) is 27.8 Å². The van der Waals surface area contributed by atoms with E-state index in [1.165, 1.54) is 4.90 Å². The first-order valence-corrected chi connectivity index (χ1v) is 11.7. The van der Waals surface area contributed by atoms with Crippen LogP contribution < -0.4 is 10.1 Å². The molecule has 0 bridgehead atoms. The number of nitrogens with zero attached hydrogens (tertiary/aromatic N) is 1. The van der Waals surface area contributed by atoms with Crippen molar-refractivity contribution < 1.29 is 14.3 Å². The molecule has 0 aliphatic heterocycles. The van der Waals surface area contributed by atoms with E-state index >= 15 is 0 Å². The Morgan fingerprint density at radius 1 is 0.941 bits per heavy atom. The van der Waals surface area contributed by atoms with Crippen LogP contribution in [0, 0.1) is 13.8 Å². The molecule has 0 radical (unpaired) electrons. The molecule has 1 atom stereocenters. The van der Waals surface area contributed by atoms with Crippen molar-refractivity contribution in [1.82, 2.24) is 10.2 Å². The van der Waals surface area contributed by atoms with Crippen LogP contribution in [-0.4, -0.2) is 36.4 Å². The summed E-state index contributed by atoms with van der Waals surface area (Å²) in [7, 11) is 1.55. The number of likely N-dealkylation sites (N-methyl/N-ethyl adjacent to an activating group) is 1. The summed E-state index contributed by atoms with van der Waals surface area (Å²) in [5.41, 5.74) is 3.70. The largest absolute Gasteiger partial charge is 0.484 e. The predicted octanol–water partition coefficient (Wildman–Crippen LogP) is 5.38. The zero-order valence-electron chi connectivity index (χ0n) is 19.5. The number of amides is 2. The van der Waals surface area contributed by atoms with E-state index in [-0.39, 0.29) is 25.0 Å². The van der Waals surface area contributed by atoms with Gasteiger partial charge < -0.3 is 15.0 Å². The predicted molar refractivity (Wildman–Crippen MR) is 136 cm³/mol. The number of halogens is 2. The van der Waals surface area contributed by atoms with Crippen LogP contribution in [0.15, 0.2) is 66.7 Å². The van der Waals surface area contributed by atoms with Gasteiger partial charge in [-0.1, -0.05) is 65.7 Å². The fraction of sp³-hybridized carbons (Fsp3) is 0.259. The van der Waals surface area contributed by atoms with Gasteiger partial charge in [0, 0.05) is 35.6 Å².